The summed E-state index contributed by atoms with van der Waals surface area (Å²) in [5.41, 5.74) is 4.28. The topological polar surface area (TPSA) is 41.6 Å². The number of rotatable bonds is 1. The van der Waals surface area contributed by atoms with Gasteiger partial charge in [0.15, 0.2) is 0 Å². The molecule has 0 saturated carbocycles. The van der Waals surface area contributed by atoms with Gasteiger partial charge in [0.25, 0.3) is 0 Å². The first-order valence-electron chi connectivity index (χ1n) is 5.19. The minimum absolute atomic E-state index is 1.00. The zero-order chi connectivity index (χ0) is 11.0. The summed E-state index contributed by atoms with van der Waals surface area (Å²) in [6, 6.07) is 8.31. The molecule has 0 aliphatic carbocycles. The van der Waals surface area contributed by atoms with Gasteiger partial charge in [-0.1, -0.05) is 18.2 Å². The second-order valence-electron chi connectivity index (χ2n) is 3.86. The molecule has 0 unspecified atom stereocenters. The highest BCUT2D eigenvalue weighted by molar-refractivity contribution is 5.92. The van der Waals surface area contributed by atoms with Gasteiger partial charge in [0, 0.05) is 17.1 Å². The lowest BCUT2D eigenvalue weighted by Crippen LogP contribution is -1.86. The minimum Gasteiger partial charge on any atom is -0.345 e. The molecule has 0 bridgehead atoms. The summed E-state index contributed by atoms with van der Waals surface area (Å²) in [5, 5.41) is 1.16. The van der Waals surface area contributed by atoms with Crippen molar-refractivity contribution < 1.29 is 0 Å². The Morgan fingerprint density at radius 3 is 2.94 bits per heavy atom. The van der Waals surface area contributed by atoms with Crippen LogP contribution in [0.2, 0.25) is 0 Å². The fraction of sp³-hybridized carbons (Fsp3) is 0.0769. The van der Waals surface area contributed by atoms with E-state index in [0.29, 0.717) is 0 Å². The van der Waals surface area contributed by atoms with E-state index in [0.717, 1.165) is 22.2 Å². The number of nitrogens with zero attached hydrogens (tertiary/aromatic N) is 2. The number of aryl methyl sites for hydroxylation is 1. The molecule has 3 heteroatoms. The highest BCUT2D eigenvalue weighted by atomic mass is 14.9. The van der Waals surface area contributed by atoms with Crippen molar-refractivity contribution in [3.63, 3.8) is 0 Å². The number of benzene rings is 1. The van der Waals surface area contributed by atoms with Gasteiger partial charge in [0.2, 0.25) is 0 Å². The number of para-hydroxylation sites is 1. The van der Waals surface area contributed by atoms with Crippen LogP contribution in [0.25, 0.3) is 22.2 Å². The number of fused-ring (bicyclic) bond motifs is 1. The van der Waals surface area contributed by atoms with Crippen molar-refractivity contribution >= 4 is 10.9 Å². The fourth-order valence-electron chi connectivity index (χ4n) is 1.89. The maximum Gasteiger partial charge on any atom is 0.0924 e. The van der Waals surface area contributed by atoms with E-state index < -0.39 is 0 Å². The van der Waals surface area contributed by atoms with E-state index in [-0.39, 0.29) is 0 Å². The number of nitrogens with one attached hydrogen (secondary N) is 1. The third-order valence-electron chi connectivity index (χ3n) is 2.64. The van der Waals surface area contributed by atoms with Crippen molar-refractivity contribution in [1.82, 2.24) is 15.0 Å². The van der Waals surface area contributed by atoms with Gasteiger partial charge >= 0.3 is 0 Å². The Balaban J connectivity index is 2.34. The van der Waals surface area contributed by atoms with Gasteiger partial charge in [-0.25, -0.2) is 4.98 Å². The first kappa shape index (κ1) is 9.09. The van der Waals surface area contributed by atoms with Crippen LogP contribution in [0, 0.1) is 6.92 Å². The number of pyridine rings is 1. The molecular weight excluding hydrogens is 198 g/mol. The van der Waals surface area contributed by atoms with Gasteiger partial charge < -0.3 is 4.98 Å². The summed E-state index contributed by atoms with van der Waals surface area (Å²) in [5.74, 6) is 0. The summed E-state index contributed by atoms with van der Waals surface area (Å²) in [6.07, 6.45) is 5.39. The molecule has 2 heterocycles. The first-order chi connectivity index (χ1) is 7.84. The van der Waals surface area contributed by atoms with Crippen LogP contribution in [0.3, 0.4) is 0 Å². The number of hydrogen-bond donors (Lipinski definition) is 1. The molecule has 0 aliphatic heterocycles. The van der Waals surface area contributed by atoms with E-state index in [2.05, 4.69) is 40.1 Å². The predicted molar refractivity (Wildman–Crippen MR) is 64.1 cm³/mol. The van der Waals surface area contributed by atoms with Gasteiger partial charge in [-0.15, -0.1) is 0 Å². The molecule has 16 heavy (non-hydrogen) atoms. The second-order valence-corrected chi connectivity index (χ2v) is 3.86. The number of imidazole rings is 1. The lowest BCUT2D eigenvalue weighted by Gasteiger charge is -2.04. The molecule has 3 rings (SSSR count). The molecule has 0 atom stereocenters. The van der Waals surface area contributed by atoms with Gasteiger partial charge in [-0.05, 0) is 18.6 Å². The number of H-pyrrole nitrogens is 1. The van der Waals surface area contributed by atoms with E-state index in [1.807, 2.05) is 18.5 Å². The number of hydrogen-bond acceptors (Lipinski definition) is 2. The Hall–Kier alpha value is -2.16. The molecule has 1 aromatic carbocycles. The summed E-state index contributed by atoms with van der Waals surface area (Å²) < 4.78 is 0. The van der Waals surface area contributed by atoms with E-state index in [1.54, 1.807) is 6.33 Å². The fourth-order valence-corrected chi connectivity index (χ4v) is 1.89. The third kappa shape index (κ3) is 1.37. The summed E-state index contributed by atoms with van der Waals surface area (Å²) in [4.78, 5) is 11.6. The second kappa shape index (κ2) is 3.45. The van der Waals surface area contributed by atoms with Gasteiger partial charge in [-0.3, -0.25) is 4.98 Å². The summed E-state index contributed by atoms with van der Waals surface area (Å²) >= 11 is 0. The molecule has 0 amide bonds. The van der Waals surface area contributed by atoms with Crippen molar-refractivity contribution in [3.8, 4) is 11.3 Å². The largest absolute Gasteiger partial charge is 0.345 e. The highest BCUT2D eigenvalue weighted by Gasteiger charge is 2.05. The standard InChI is InChI=1S/C13H11N3/c1-9-5-10-3-2-4-11(13(10)15-6-9)12-7-14-8-16-12/h2-8H,1H3,(H,14,16). The lowest BCUT2D eigenvalue weighted by molar-refractivity contribution is 1.31. The Labute approximate surface area is 93.2 Å². The van der Waals surface area contributed by atoms with Crippen LogP contribution in [0.15, 0.2) is 43.0 Å². The lowest BCUT2D eigenvalue weighted by atomic mass is 10.1. The van der Waals surface area contributed by atoms with Crippen molar-refractivity contribution in [2.45, 2.75) is 6.92 Å². The third-order valence-corrected chi connectivity index (χ3v) is 2.64. The van der Waals surface area contributed by atoms with E-state index in [1.165, 1.54) is 5.56 Å². The molecule has 3 aromatic rings. The van der Waals surface area contributed by atoms with E-state index >= 15 is 0 Å². The van der Waals surface area contributed by atoms with Crippen LogP contribution in [0.1, 0.15) is 5.56 Å². The Morgan fingerprint density at radius 1 is 1.19 bits per heavy atom. The van der Waals surface area contributed by atoms with Gasteiger partial charge in [-0.2, -0.15) is 0 Å². The number of aromatic nitrogens is 3. The normalized spacial score (nSPS) is 10.8. The monoisotopic (exact) mass is 209 g/mol. The Kier molecular flexibility index (Phi) is 1.96. The molecule has 1 N–H and O–H groups in total. The molecule has 78 valence electrons. The number of aromatic amines is 1. The summed E-state index contributed by atoms with van der Waals surface area (Å²) in [7, 11) is 0. The Morgan fingerprint density at radius 2 is 2.12 bits per heavy atom. The molecule has 0 aliphatic rings. The highest BCUT2D eigenvalue weighted by Crippen LogP contribution is 2.25. The van der Waals surface area contributed by atoms with Crippen molar-refractivity contribution in [2.24, 2.45) is 0 Å². The van der Waals surface area contributed by atoms with Crippen LogP contribution in [0.5, 0.6) is 0 Å². The molecule has 0 fully saturated rings. The molecule has 0 radical (unpaired) electrons. The van der Waals surface area contributed by atoms with Crippen molar-refractivity contribution in [2.75, 3.05) is 0 Å². The van der Waals surface area contributed by atoms with Crippen LogP contribution < -0.4 is 0 Å². The van der Waals surface area contributed by atoms with E-state index in [9.17, 15) is 0 Å². The van der Waals surface area contributed by atoms with Crippen LogP contribution in [-0.2, 0) is 0 Å². The average Bonchev–Trinajstić information content (AvgIpc) is 2.81. The smallest absolute Gasteiger partial charge is 0.0924 e. The quantitative estimate of drug-likeness (QED) is 0.669. The molecule has 0 spiro atoms. The van der Waals surface area contributed by atoms with E-state index in [4.69, 9.17) is 0 Å². The maximum atomic E-state index is 4.49. The van der Waals surface area contributed by atoms with Crippen LogP contribution >= 0.6 is 0 Å². The summed E-state index contributed by atoms with van der Waals surface area (Å²) in [6.45, 7) is 2.05. The molecular formula is C13H11N3. The van der Waals surface area contributed by atoms with Gasteiger partial charge in [0.1, 0.15) is 0 Å². The zero-order valence-corrected chi connectivity index (χ0v) is 8.94. The predicted octanol–water partition coefficient (Wildman–Crippen LogP) is 2.93. The van der Waals surface area contributed by atoms with Crippen molar-refractivity contribution in [1.29, 1.82) is 0 Å². The minimum atomic E-state index is 1.00. The Bertz CT molecular complexity index is 627. The maximum absolute atomic E-state index is 4.49. The zero-order valence-electron chi connectivity index (χ0n) is 8.94. The molecule has 0 saturated heterocycles. The first-order valence-corrected chi connectivity index (χ1v) is 5.19. The molecule has 3 nitrogen and oxygen atoms in total. The molecule has 2 aromatic heterocycles. The average molecular weight is 209 g/mol. The van der Waals surface area contributed by atoms with Crippen molar-refractivity contribution in [3.05, 3.63) is 48.5 Å². The SMILES string of the molecule is Cc1cnc2c(-c3cnc[nH]3)cccc2c1. The van der Waals surface area contributed by atoms with Gasteiger partial charge in [0.05, 0.1) is 23.7 Å². The van der Waals surface area contributed by atoms with Crippen LogP contribution in [-0.4, -0.2) is 15.0 Å². The van der Waals surface area contributed by atoms with Crippen LogP contribution in [0.4, 0.5) is 0 Å².